The average molecular weight is 327 g/mol. The van der Waals surface area contributed by atoms with Gasteiger partial charge in [-0.05, 0) is 25.1 Å². The summed E-state index contributed by atoms with van der Waals surface area (Å²) in [5, 5.41) is 3.90. The molecular formula is C17H17N3O2S. The van der Waals surface area contributed by atoms with Crippen LogP contribution in [0.15, 0.2) is 47.4 Å². The number of para-hydroxylation sites is 1. The topological polar surface area (TPSA) is 64.0 Å². The predicted molar refractivity (Wildman–Crippen MR) is 91.9 cm³/mol. The first-order valence-corrected chi connectivity index (χ1v) is 8.16. The minimum Gasteiger partial charge on any atom is -0.349 e. The second-order valence-corrected chi connectivity index (χ2v) is 6.63. The van der Waals surface area contributed by atoms with Crippen molar-refractivity contribution in [3.8, 4) is 0 Å². The summed E-state index contributed by atoms with van der Waals surface area (Å²) in [5.41, 5.74) is 1.17. The molecule has 6 heteroatoms. The zero-order chi connectivity index (χ0) is 16.4. The number of carbonyl (C=O) groups excluding carboxylic acids is 1. The summed E-state index contributed by atoms with van der Waals surface area (Å²) in [6, 6.07) is 10.9. The Kier molecular flexibility index (Phi) is 4.25. The number of benzene rings is 1. The molecule has 23 heavy (non-hydrogen) atoms. The van der Waals surface area contributed by atoms with Crippen molar-refractivity contribution in [2.45, 2.75) is 19.4 Å². The standard InChI is InChI=1S/C17H17N3O2S/c1-11(9-15-19-13-5-3-4-6-14(13)23-15)18-17(22)12-7-8-20(2)16(21)10-12/h3-8,10-11H,9H2,1-2H3,(H,18,22). The van der Waals surface area contributed by atoms with Crippen molar-refractivity contribution in [2.75, 3.05) is 0 Å². The Labute approximate surface area is 137 Å². The van der Waals surface area contributed by atoms with Crippen LogP contribution in [0.5, 0.6) is 0 Å². The van der Waals surface area contributed by atoms with E-state index in [4.69, 9.17) is 0 Å². The van der Waals surface area contributed by atoms with Gasteiger partial charge in [0.15, 0.2) is 0 Å². The van der Waals surface area contributed by atoms with Crippen molar-refractivity contribution in [3.05, 3.63) is 63.5 Å². The van der Waals surface area contributed by atoms with Crippen LogP contribution in [0, 0.1) is 0 Å². The van der Waals surface area contributed by atoms with Gasteiger partial charge in [-0.15, -0.1) is 11.3 Å². The Morgan fingerprint density at radius 1 is 1.35 bits per heavy atom. The van der Waals surface area contributed by atoms with E-state index in [2.05, 4.69) is 10.3 Å². The third-order valence-electron chi connectivity index (χ3n) is 3.56. The SMILES string of the molecule is CC(Cc1nc2ccccc2s1)NC(=O)c1ccn(C)c(=O)c1. The molecule has 0 bridgehead atoms. The molecule has 3 rings (SSSR count). The number of thiazole rings is 1. The van der Waals surface area contributed by atoms with E-state index in [-0.39, 0.29) is 17.5 Å². The fourth-order valence-corrected chi connectivity index (χ4v) is 3.41. The molecule has 0 aliphatic carbocycles. The molecule has 118 valence electrons. The number of aromatic nitrogens is 2. The minimum absolute atomic E-state index is 0.0629. The van der Waals surface area contributed by atoms with Crippen LogP contribution < -0.4 is 10.9 Å². The molecule has 0 saturated heterocycles. The van der Waals surface area contributed by atoms with Gasteiger partial charge in [0.2, 0.25) is 0 Å². The first kappa shape index (κ1) is 15.4. The van der Waals surface area contributed by atoms with Gasteiger partial charge < -0.3 is 9.88 Å². The Morgan fingerprint density at radius 3 is 2.87 bits per heavy atom. The van der Waals surface area contributed by atoms with Crippen LogP contribution in [0.25, 0.3) is 10.2 Å². The fourth-order valence-electron chi connectivity index (χ4n) is 2.32. The van der Waals surface area contributed by atoms with Gasteiger partial charge in [-0.25, -0.2) is 4.98 Å². The third-order valence-corrected chi connectivity index (χ3v) is 4.62. The van der Waals surface area contributed by atoms with Gasteiger partial charge in [-0.3, -0.25) is 9.59 Å². The normalized spacial score (nSPS) is 12.3. The molecule has 0 aliphatic rings. The zero-order valence-corrected chi connectivity index (χ0v) is 13.8. The highest BCUT2D eigenvalue weighted by atomic mass is 32.1. The highest BCUT2D eigenvalue weighted by molar-refractivity contribution is 7.18. The molecule has 5 nitrogen and oxygen atoms in total. The molecule has 1 N–H and O–H groups in total. The van der Waals surface area contributed by atoms with Crippen LogP contribution in [-0.4, -0.2) is 21.5 Å². The number of amides is 1. The minimum atomic E-state index is -0.240. The molecule has 1 unspecified atom stereocenters. The molecular weight excluding hydrogens is 310 g/mol. The van der Waals surface area contributed by atoms with E-state index >= 15 is 0 Å². The summed E-state index contributed by atoms with van der Waals surface area (Å²) in [6.07, 6.45) is 2.26. The highest BCUT2D eigenvalue weighted by Crippen LogP contribution is 2.22. The maximum absolute atomic E-state index is 12.2. The van der Waals surface area contributed by atoms with Gasteiger partial charge in [0, 0.05) is 37.3 Å². The lowest BCUT2D eigenvalue weighted by atomic mass is 10.2. The summed E-state index contributed by atoms with van der Waals surface area (Å²) in [5.74, 6) is -0.240. The van der Waals surface area contributed by atoms with Crippen LogP contribution >= 0.6 is 11.3 Å². The second kappa shape index (κ2) is 6.34. The van der Waals surface area contributed by atoms with Crippen LogP contribution in [0.3, 0.4) is 0 Å². The lowest BCUT2D eigenvalue weighted by molar-refractivity contribution is 0.0940. The molecule has 3 aromatic rings. The number of nitrogens with zero attached hydrogens (tertiary/aromatic N) is 2. The van der Waals surface area contributed by atoms with E-state index in [0.29, 0.717) is 12.0 Å². The first-order chi connectivity index (χ1) is 11.0. The van der Waals surface area contributed by atoms with Gasteiger partial charge in [0.1, 0.15) is 0 Å². The Balaban J connectivity index is 1.68. The lowest BCUT2D eigenvalue weighted by Crippen LogP contribution is -2.34. The van der Waals surface area contributed by atoms with Crippen molar-refractivity contribution in [1.82, 2.24) is 14.9 Å². The zero-order valence-electron chi connectivity index (χ0n) is 12.9. The van der Waals surface area contributed by atoms with Gasteiger partial charge in [-0.1, -0.05) is 12.1 Å². The predicted octanol–water partition coefficient (Wildman–Crippen LogP) is 2.36. The molecule has 0 spiro atoms. The van der Waals surface area contributed by atoms with Gasteiger partial charge >= 0.3 is 0 Å². The summed E-state index contributed by atoms with van der Waals surface area (Å²) in [4.78, 5) is 28.4. The highest BCUT2D eigenvalue weighted by Gasteiger charge is 2.13. The third kappa shape index (κ3) is 3.48. The summed E-state index contributed by atoms with van der Waals surface area (Å²) in [6.45, 7) is 1.94. The van der Waals surface area contributed by atoms with E-state index in [1.165, 1.54) is 10.6 Å². The Hall–Kier alpha value is -2.47. The van der Waals surface area contributed by atoms with Crippen LogP contribution in [0.4, 0.5) is 0 Å². The number of hydrogen-bond donors (Lipinski definition) is 1. The van der Waals surface area contributed by atoms with Crippen molar-refractivity contribution >= 4 is 27.5 Å². The average Bonchev–Trinajstić information content (AvgIpc) is 2.91. The van der Waals surface area contributed by atoms with E-state index in [1.807, 2.05) is 31.2 Å². The molecule has 0 aliphatic heterocycles. The largest absolute Gasteiger partial charge is 0.349 e. The number of rotatable bonds is 4. The molecule has 0 saturated carbocycles. The molecule has 1 amide bonds. The van der Waals surface area contributed by atoms with E-state index < -0.39 is 0 Å². The van der Waals surface area contributed by atoms with E-state index in [1.54, 1.807) is 30.6 Å². The second-order valence-electron chi connectivity index (χ2n) is 5.52. The number of fused-ring (bicyclic) bond motifs is 1. The van der Waals surface area contributed by atoms with Crippen molar-refractivity contribution < 1.29 is 4.79 Å². The fraction of sp³-hybridized carbons (Fsp3) is 0.235. The van der Waals surface area contributed by atoms with Crippen molar-refractivity contribution in [3.63, 3.8) is 0 Å². The summed E-state index contributed by atoms with van der Waals surface area (Å²) in [7, 11) is 1.65. The molecule has 1 atom stereocenters. The van der Waals surface area contributed by atoms with Gasteiger partial charge in [-0.2, -0.15) is 0 Å². The monoisotopic (exact) mass is 327 g/mol. The number of aryl methyl sites for hydroxylation is 1. The van der Waals surface area contributed by atoms with E-state index in [9.17, 15) is 9.59 Å². The quantitative estimate of drug-likeness (QED) is 0.800. The molecule has 0 fully saturated rings. The smallest absolute Gasteiger partial charge is 0.251 e. The summed E-state index contributed by atoms with van der Waals surface area (Å²) >= 11 is 1.64. The van der Waals surface area contributed by atoms with Crippen LogP contribution in [0.1, 0.15) is 22.3 Å². The van der Waals surface area contributed by atoms with Crippen LogP contribution in [0.2, 0.25) is 0 Å². The van der Waals surface area contributed by atoms with Crippen molar-refractivity contribution in [2.24, 2.45) is 7.05 Å². The lowest BCUT2D eigenvalue weighted by Gasteiger charge is -2.12. The van der Waals surface area contributed by atoms with E-state index in [0.717, 1.165) is 15.2 Å². The van der Waals surface area contributed by atoms with Crippen LogP contribution in [-0.2, 0) is 13.5 Å². The number of hydrogen-bond acceptors (Lipinski definition) is 4. The first-order valence-electron chi connectivity index (χ1n) is 7.35. The number of pyridine rings is 1. The molecule has 1 aromatic carbocycles. The maximum atomic E-state index is 12.2. The van der Waals surface area contributed by atoms with Crippen molar-refractivity contribution in [1.29, 1.82) is 0 Å². The molecule has 2 heterocycles. The van der Waals surface area contributed by atoms with Gasteiger partial charge in [0.05, 0.1) is 15.2 Å². The summed E-state index contributed by atoms with van der Waals surface area (Å²) < 4.78 is 2.58. The molecule has 0 radical (unpaired) electrons. The number of nitrogens with one attached hydrogen (secondary N) is 1. The van der Waals surface area contributed by atoms with Gasteiger partial charge in [0.25, 0.3) is 11.5 Å². The Bertz CT molecular complexity index is 880. The number of carbonyl (C=O) groups is 1. The molecule has 2 aromatic heterocycles. The maximum Gasteiger partial charge on any atom is 0.251 e. The Morgan fingerprint density at radius 2 is 2.13 bits per heavy atom.